The molecule has 0 heterocycles. The van der Waals surface area contributed by atoms with E-state index in [-0.39, 0.29) is 5.91 Å². The summed E-state index contributed by atoms with van der Waals surface area (Å²) in [5.74, 6) is -3.91. The summed E-state index contributed by atoms with van der Waals surface area (Å²) in [6, 6.07) is 0.552. The summed E-state index contributed by atoms with van der Waals surface area (Å²) in [5.41, 5.74) is -1.01. The quantitative estimate of drug-likeness (QED) is 0.872. The third kappa shape index (κ3) is 3.40. The molecule has 19 heavy (non-hydrogen) atoms. The first-order chi connectivity index (χ1) is 8.73. The molecular formula is C12H14F2N2O3. The largest absolute Gasteiger partial charge is 0.478 e. The van der Waals surface area contributed by atoms with Crippen LogP contribution in [-0.2, 0) is 4.79 Å². The number of benzene rings is 1. The Morgan fingerprint density at radius 2 is 1.74 bits per heavy atom. The molecule has 1 atom stereocenters. The van der Waals surface area contributed by atoms with Gasteiger partial charge in [-0.3, -0.25) is 4.79 Å². The van der Waals surface area contributed by atoms with Crippen LogP contribution in [0.25, 0.3) is 0 Å². The summed E-state index contributed by atoms with van der Waals surface area (Å²) >= 11 is 0. The van der Waals surface area contributed by atoms with Gasteiger partial charge in [0.1, 0.15) is 23.4 Å². The van der Waals surface area contributed by atoms with Crippen molar-refractivity contribution in [2.24, 2.45) is 0 Å². The van der Waals surface area contributed by atoms with Gasteiger partial charge in [-0.1, -0.05) is 0 Å². The molecule has 0 aliphatic heterocycles. The lowest BCUT2D eigenvalue weighted by Crippen LogP contribution is -2.37. The summed E-state index contributed by atoms with van der Waals surface area (Å²) in [6.07, 6.45) is 0. The minimum absolute atomic E-state index is 0.360. The Kier molecular flexibility index (Phi) is 4.42. The van der Waals surface area contributed by atoms with E-state index in [0.29, 0.717) is 12.1 Å². The maximum absolute atomic E-state index is 13.6. The third-order valence-electron chi connectivity index (χ3n) is 2.46. The average molecular weight is 272 g/mol. The van der Waals surface area contributed by atoms with E-state index < -0.39 is 34.9 Å². The maximum Gasteiger partial charge on any atom is 0.335 e. The smallest absolute Gasteiger partial charge is 0.335 e. The van der Waals surface area contributed by atoms with E-state index in [0.717, 1.165) is 0 Å². The molecule has 1 rings (SSSR count). The monoisotopic (exact) mass is 272 g/mol. The molecule has 0 aromatic heterocycles. The van der Waals surface area contributed by atoms with E-state index in [4.69, 9.17) is 5.11 Å². The van der Waals surface area contributed by atoms with Gasteiger partial charge in [0.25, 0.3) is 0 Å². The van der Waals surface area contributed by atoms with E-state index >= 15 is 0 Å². The first-order valence-electron chi connectivity index (χ1n) is 5.44. The van der Waals surface area contributed by atoms with E-state index in [9.17, 15) is 18.4 Å². The molecule has 1 unspecified atom stereocenters. The van der Waals surface area contributed by atoms with E-state index in [1.165, 1.54) is 25.9 Å². The fourth-order valence-corrected chi connectivity index (χ4v) is 1.50. The van der Waals surface area contributed by atoms with Crippen molar-refractivity contribution in [1.82, 2.24) is 4.90 Å². The van der Waals surface area contributed by atoms with Crippen molar-refractivity contribution in [3.05, 3.63) is 29.3 Å². The summed E-state index contributed by atoms with van der Waals surface area (Å²) in [7, 11) is 3.03. The van der Waals surface area contributed by atoms with Gasteiger partial charge in [-0.25, -0.2) is 13.6 Å². The summed E-state index contributed by atoms with van der Waals surface area (Å²) in [5, 5.41) is 11.0. The van der Waals surface area contributed by atoms with Crippen LogP contribution in [0, 0.1) is 11.6 Å². The van der Waals surface area contributed by atoms with E-state index in [1.807, 2.05) is 0 Å². The lowest BCUT2D eigenvalue weighted by atomic mass is 10.1. The van der Waals surface area contributed by atoms with Gasteiger partial charge in [-0.15, -0.1) is 0 Å². The highest BCUT2D eigenvalue weighted by Gasteiger charge is 2.20. The fourth-order valence-electron chi connectivity index (χ4n) is 1.50. The lowest BCUT2D eigenvalue weighted by molar-refractivity contribution is -0.129. The van der Waals surface area contributed by atoms with Crippen LogP contribution in [0.5, 0.6) is 0 Å². The molecule has 2 N–H and O–H groups in total. The van der Waals surface area contributed by atoms with Crippen LogP contribution in [-0.4, -0.2) is 42.0 Å². The van der Waals surface area contributed by atoms with Gasteiger partial charge < -0.3 is 15.3 Å². The molecular weight excluding hydrogens is 258 g/mol. The molecule has 0 saturated carbocycles. The highest BCUT2D eigenvalue weighted by atomic mass is 19.1. The van der Waals surface area contributed by atoms with Gasteiger partial charge in [0, 0.05) is 14.1 Å². The zero-order chi connectivity index (χ0) is 14.7. The SMILES string of the molecule is CC(Nc1c(F)cc(C(=O)O)cc1F)C(=O)N(C)C. The minimum atomic E-state index is -1.43. The van der Waals surface area contributed by atoms with Crippen molar-refractivity contribution in [3.8, 4) is 0 Å². The van der Waals surface area contributed by atoms with Crippen LogP contribution in [0.15, 0.2) is 12.1 Å². The van der Waals surface area contributed by atoms with Crippen molar-refractivity contribution in [1.29, 1.82) is 0 Å². The van der Waals surface area contributed by atoms with Crippen molar-refractivity contribution >= 4 is 17.6 Å². The number of carbonyl (C=O) groups is 2. The second kappa shape index (κ2) is 5.64. The highest BCUT2D eigenvalue weighted by Crippen LogP contribution is 2.22. The Bertz CT molecular complexity index is 495. The Balaban J connectivity index is 3.03. The molecule has 7 heteroatoms. The Hall–Kier alpha value is -2.18. The number of aromatic carboxylic acids is 1. The standard InChI is InChI=1S/C12H14F2N2O3/c1-6(11(17)16(2)3)15-10-8(13)4-7(12(18)19)5-9(10)14/h4-6,15H,1-3H3,(H,18,19). The highest BCUT2D eigenvalue weighted by molar-refractivity contribution is 5.88. The Morgan fingerprint density at radius 3 is 2.11 bits per heavy atom. The second-order valence-electron chi connectivity index (χ2n) is 4.22. The number of likely N-dealkylation sites (N-methyl/N-ethyl adjacent to an activating group) is 1. The number of anilines is 1. The Morgan fingerprint density at radius 1 is 1.26 bits per heavy atom. The molecule has 0 saturated heterocycles. The van der Waals surface area contributed by atoms with Crippen LogP contribution in [0.3, 0.4) is 0 Å². The molecule has 1 aromatic carbocycles. The first-order valence-corrected chi connectivity index (χ1v) is 5.44. The topological polar surface area (TPSA) is 69.6 Å². The zero-order valence-electron chi connectivity index (χ0n) is 10.7. The number of carbonyl (C=O) groups excluding carboxylic acids is 1. The number of hydrogen-bond acceptors (Lipinski definition) is 3. The Labute approximate surface area is 108 Å². The number of rotatable bonds is 4. The van der Waals surface area contributed by atoms with Crippen LogP contribution < -0.4 is 5.32 Å². The molecule has 1 aromatic rings. The number of carboxylic acids is 1. The van der Waals surface area contributed by atoms with Crippen LogP contribution >= 0.6 is 0 Å². The maximum atomic E-state index is 13.6. The minimum Gasteiger partial charge on any atom is -0.478 e. The van der Waals surface area contributed by atoms with E-state index in [2.05, 4.69) is 5.32 Å². The number of nitrogens with zero attached hydrogens (tertiary/aromatic N) is 1. The number of nitrogens with one attached hydrogen (secondary N) is 1. The number of amides is 1. The summed E-state index contributed by atoms with van der Waals surface area (Å²) in [4.78, 5) is 23.5. The predicted octanol–water partition coefficient (Wildman–Crippen LogP) is 1.55. The molecule has 1 amide bonds. The summed E-state index contributed by atoms with van der Waals surface area (Å²) in [6.45, 7) is 1.45. The van der Waals surface area contributed by atoms with Gasteiger partial charge >= 0.3 is 5.97 Å². The molecule has 5 nitrogen and oxygen atoms in total. The van der Waals surface area contributed by atoms with Crippen molar-refractivity contribution in [2.75, 3.05) is 19.4 Å². The molecule has 0 aliphatic carbocycles. The predicted molar refractivity (Wildman–Crippen MR) is 65.1 cm³/mol. The van der Waals surface area contributed by atoms with E-state index in [1.54, 1.807) is 0 Å². The normalized spacial score (nSPS) is 11.8. The van der Waals surface area contributed by atoms with Crippen LogP contribution in [0.2, 0.25) is 0 Å². The third-order valence-corrected chi connectivity index (χ3v) is 2.46. The molecule has 0 aliphatic rings. The van der Waals surface area contributed by atoms with Gasteiger partial charge in [0.2, 0.25) is 5.91 Å². The fraction of sp³-hybridized carbons (Fsp3) is 0.333. The molecule has 104 valence electrons. The first kappa shape index (κ1) is 14.9. The van der Waals surface area contributed by atoms with Crippen molar-refractivity contribution in [3.63, 3.8) is 0 Å². The number of hydrogen-bond donors (Lipinski definition) is 2. The van der Waals surface area contributed by atoms with Crippen LogP contribution in [0.1, 0.15) is 17.3 Å². The zero-order valence-corrected chi connectivity index (χ0v) is 10.7. The van der Waals surface area contributed by atoms with Crippen molar-refractivity contribution in [2.45, 2.75) is 13.0 Å². The van der Waals surface area contributed by atoms with Gasteiger partial charge in [0.15, 0.2) is 0 Å². The van der Waals surface area contributed by atoms with Gasteiger partial charge in [-0.2, -0.15) is 0 Å². The summed E-state index contributed by atoms with van der Waals surface area (Å²) < 4.78 is 27.2. The van der Waals surface area contributed by atoms with Gasteiger partial charge in [-0.05, 0) is 19.1 Å². The molecule has 0 fully saturated rings. The molecule has 0 bridgehead atoms. The molecule has 0 spiro atoms. The number of carboxylic acid groups (broad SMARTS) is 1. The molecule has 0 radical (unpaired) electrons. The average Bonchev–Trinajstić information content (AvgIpc) is 2.31. The van der Waals surface area contributed by atoms with Gasteiger partial charge in [0.05, 0.1) is 5.56 Å². The van der Waals surface area contributed by atoms with Crippen molar-refractivity contribution < 1.29 is 23.5 Å². The second-order valence-corrected chi connectivity index (χ2v) is 4.22. The lowest BCUT2D eigenvalue weighted by Gasteiger charge is -2.19. The number of halogens is 2. The van der Waals surface area contributed by atoms with Crippen LogP contribution in [0.4, 0.5) is 14.5 Å².